The van der Waals surface area contributed by atoms with Crippen molar-refractivity contribution in [2.75, 3.05) is 41.9 Å². The monoisotopic (exact) mass is 444 g/mol. The van der Waals surface area contributed by atoms with Crippen molar-refractivity contribution in [2.45, 2.75) is 25.9 Å². The Labute approximate surface area is 184 Å². The van der Waals surface area contributed by atoms with Gasteiger partial charge in [0.1, 0.15) is 11.8 Å². The summed E-state index contributed by atoms with van der Waals surface area (Å²) in [6.45, 7) is 2.32. The van der Waals surface area contributed by atoms with E-state index in [0.29, 0.717) is 28.3 Å². The molecule has 0 bridgehead atoms. The molecule has 9 heteroatoms. The van der Waals surface area contributed by atoms with E-state index in [0.717, 1.165) is 11.4 Å². The van der Waals surface area contributed by atoms with Gasteiger partial charge in [-0.25, -0.2) is 0 Å². The van der Waals surface area contributed by atoms with E-state index in [2.05, 4.69) is 11.4 Å². The fourth-order valence-corrected chi connectivity index (χ4v) is 4.20. The maximum atomic E-state index is 13.0. The topological polar surface area (TPSA) is 68.6 Å². The first kappa shape index (κ1) is 21.8. The number of alkyl halides is 3. The van der Waals surface area contributed by atoms with Gasteiger partial charge in [-0.15, -0.1) is 0 Å². The van der Waals surface area contributed by atoms with Gasteiger partial charge in [0.05, 0.1) is 22.9 Å². The smallest absolute Gasteiger partial charge is 0.391 e. The lowest BCUT2D eigenvalue weighted by molar-refractivity contribution is -0.179. The zero-order valence-corrected chi connectivity index (χ0v) is 17.8. The predicted octanol–water partition coefficient (Wildman–Crippen LogP) is 4.74. The average Bonchev–Trinajstić information content (AvgIpc) is 2.77. The SMILES string of the molecule is Cc1c(Nc2ccc3c(c2)OCC(=O)N3C)ccc(N2CCC(C(F)(F)F)CC2)c1C#N. The lowest BCUT2D eigenvalue weighted by atomic mass is 9.94. The second-order valence-electron chi connectivity index (χ2n) is 8.10. The summed E-state index contributed by atoms with van der Waals surface area (Å²) in [5.74, 6) is -0.825. The number of fused-ring (bicyclic) bond motifs is 1. The van der Waals surface area contributed by atoms with Crippen LogP contribution >= 0.6 is 0 Å². The maximum absolute atomic E-state index is 13.0. The Bertz CT molecular complexity index is 1090. The van der Waals surface area contributed by atoms with E-state index in [1.807, 2.05) is 24.0 Å². The summed E-state index contributed by atoms with van der Waals surface area (Å²) < 4.78 is 44.5. The Hall–Kier alpha value is -3.41. The van der Waals surface area contributed by atoms with Crippen LogP contribution < -0.4 is 19.9 Å². The van der Waals surface area contributed by atoms with Crippen LogP contribution in [-0.4, -0.2) is 38.8 Å². The van der Waals surface area contributed by atoms with Gasteiger partial charge in [0, 0.05) is 37.6 Å². The van der Waals surface area contributed by atoms with Crippen LogP contribution in [0.2, 0.25) is 0 Å². The molecule has 0 saturated carbocycles. The van der Waals surface area contributed by atoms with Gasteiger partial charge in [0.25, 0.3) is 5.91 Å². The van der Waals surface area contributed by atoms with E-state index in [-0.39, 0.29) is 38.4 Å². The number of hydrogen-bond donors (Lipinski definition) is 1. The molecule has 0 spiro atoms. The molecule has 2 aromatic rings. The standard InChI is InChI=1S/C23H23F3N4O2/c1-14-17(12-27)19(30-9-7-15(8-10-30)23(24,25)26)6-4-18(14)28-16-3-5-20-21(11-16)32-13-22(31)29(20)2/h3-6,11,15,28H,7-10,13H2,1-2H3. The molecule has 2 aliphatic heterocycles. The number of piperidine rings is 1. The first-order chi connectivity index (χ1) is 15.2. The van der Waals surface area contributed by atoms with Crippen LogP contribution in [0, 0.1) is 24.2 Å². The second-order valence-corrected chi connectivity index (χ2v) is 8.10. The third kappa shape index (κ3) is 4.05. The number of amides is 1. The van der Waals surface area contributed by atoms with Gasteiger partial charge in [-0.3, -0.25) is 4.79 Å². The number of halogens is 3. The van der Waals surface area contributed by atoms with Gasteiger partial charge in [0.15, 0.2) is 6.61 Å². The van der Waals surface area contributed by atoms with Crippen molar-refractivity contribution in [1.29, 1.82) is 5.26 Å². The van der Waals surface area contributed by atoms with Crippen molar-refractivity contribution in [3.63, 3.8) is 0 Å². The molecule has 0 atom stereocenters. The highest BCUT2D eigenvalue weighted by Crippen LogP contribution is 2.39. The Kier molecular flexibility index (Phi) is 5.63. The number of rotatable bonds is 3. The molecule has 2 aromatic carbocycles. The fraction of sp³-hybridized carbons (Fsp3) is 0.391. The lowest BCUT2D eigenvalue weighted by Gasteiger charge is -2.35. The molecule has 0 unspecified atom stereocenters. The second kappa shape index (κ2) is 8.26. The van der Waals surface area contributed by atoms with Crippen LogP contribution in [0.25, 0.3) is 0 Å². The minimum atomic E-state index is -4.17. The van der Waals surface area contributed by atoms with Crippen molar-refractivity contribution in [3.05, 3.63) is 41.5 Å². The zero-order valence-electron chi connectivity index (χ0n) is 17.8. The van der Waals surface area contributed by atoms with Crippen molar-refractivity contribution < 1.29 is 22.7 Å². The van der Waals surface area contributed by atoms with Crippen LogP contribution in [-0.2, 0) is 4.79 Å². The number of nitrogens with one attached hydrogen (secondary N) is 1. The van der Waals surface area contributed by atoms with Crippen molar-refractivity contribution >= 4 is 28.7 Å². The Morgan fingerprint density at radius 3 is 2.50 bits per heavy atom. The molecule has 168 valence electrons. The number of nitriles is 1. The van der Waals surface area contributed by atoms with Crippen molar-refractivity contribution in [2.24, 2.45) is 5.92 Å². The molecule has 4 rings (SSSR count). The van der Waals surface area contributed by atoms with Crippen LogP contribution in [0.5, 0.6) is 5.75 Å². The van der Waals surface area contributed by atoms with Gasteiger partial charge >= 0.3 is 6.18 Å². The van der Waals surface area contributed by atoms with Gasteiger partial charge in [-0.1, -0.05) is 0 Å². The highest BCUT2D eigenvalue weighted by molar-refractivity contribution is 5.97. The Morgan fingerprint density at radius 2 is 1.84 bits per heavy atom. The lowest BCUT2D eigenvalue weighted by Crippen LogP contribution is -2.39. The molecule has 6 nitrogen and oxygen atoms in total. The number of benzene rings is 2. The number of carbonyl (C=O) groups is 1. The number of anilines is 4. The quantitative estimate of drug-likeness (QED) is 0.741. The van der Waals surface area contributed by atoms with Crippen LogP contribution in [0.4, 0.5) is 35.9 Å². The summed E-state index contributed by atoms with van der Waals surface area (Å²) in [5, 5.41) is 13.1. The summed E-state index contributed by atoms with van der Waals surface area (Å²) >= 11 is 0. The van der Waals surface area contributed by atoms with Crippen molar-refractivity contribution in [1.82, 2.24) is 0 Å². The predicted molar refractivity (Wildman–Crippen MR) is 116 cm³/mol. The third-order valence-electron chi connectivity index (χ3n) is 6.18. The molecule has 1 N–H and O–H groups in total. The Balaban J connectivity index is 1.55. The van der Waals surface area contributed by atoms with E-state index < -0.39 is 12.1 Å². The molecular weight excluding hydrogens is 421 g/mol. The number of ether oxygens (including phenoxy) is 1. The van der Waals surface area contributed by atoms with Gasteiger partial charge in [0.2, 0.25) is 0 Å². The van der Waals surface area contributed by atoms with E-state index >= 15 is 0 Å². The van der Waals surface area contributed by atoms with Crippen LogP contribution in [0.3, 0.4) is 0 Å². The molecule has 0 radical (unpaired) electrons. The van der Waals surface area contributed by atoms with Crippen LogP contribution in [0.1, 0.15) is 24.0 Å². The van der Waals surface area contributed by atoms with Gasteiger partial charge in [-0.05, 0) is 49.6 Å². The summed E-state index contributed by atoms with van der Waals surface area (Å²) in [7, 11) is 1.69. The molecule has 0 aliphatic carbocycles. The minimum Gasteiger partial charge on any atom is -0.481 e. The van der Waals surface area contributed by atoms with Gasteiger partial charge < -0.3 is 19.9 Å². The average molecular weight is 444 g/mol. The number of carbonyl (C=O) groups excluding carboxylic acids is 1. The van der Waals surface area contributed by atoms with Crippen LogP contribution in [0.15, 0.2) is 30.3 Å². The minimum absolute atomic E-state index is 0.0235. The highest BCUT2D eigenvalue weighted by Gasteiger charge is 2.41. The molecule has 1 saturated heterocycles. The van der Waals surface area contributed by atoms with Gasteiger partial charge in [-0.2, -0.15) is 18.4 Å². The maximum Gasteiger partial charge on any atom is 0.391 e. The summed E-state index contributed by atoms with van der Waals surface area (Å²) in [6.07, 6.45) is -4.12. The normalized spacial score (nSPS) is 16.9. The third-order valence-corrected chi connectivity index (χ3v) is 6.18. The molecule has 0 aromatic heterocycles. The molecule has 2 aliphatic rings. The molecule has 1 amide bonds. The molecule has 32 heavy (non-hydrogen) atoms. The summed E-state index contributed by atoms with van der Waals surface area (Å²) in [4.78, 5) is 15.2. The fourth-order valence-electron chi connectivity index (χ4n) is 4.20. The van der Waals surface area contributed by atoms with E-state index in [9.17, 15) is 23.2 Å². The van der Waals surface area contributed by atoms with Crippen molar-refractivity contribution in [3.8, 4) is 11.8 Å². The van der Waals surface area contributed by atoms with E-state index in [4.69, 9.17) is 4.74 Å². The summed E-state index contributed by atoms with van der Waals surface area (Å²) in [6, 6.07) is 11.2. The molecular formula is C23H23F3N4O2. The first-order valence-electron chi connectivity index (χ1n) is 10.3. The zero-order chi connectivity index (χ0) is 23.0. The summed E-state index contributed by atoms with van der Waals surface area (Å²) in [5.41, 5.74) is 3.95. The highest BCUT2D eigenvalue weighted by atomic mass is 19.4. The largest absolute Gasteiger partial charge is 0.481 e. The van der Waals surface area contributed by atoms with E-state index in [1.165, 1.54) is 0 Å². The van der Waals surface area contributed by atoms with E-state index in [1.54, 1.807) is 30.1 Å². The Morgan fingerprint density at radius 1 is 1.16 bits per heavy atom. The molecule has 2 heterocycles. The molecule has 1 fully saturated rings. The number of nitrogens with zero attached hydrogens (tertiary/aromatic N) is 3. The number of hydrogen-bond acceptors (Lipinski definition) is 5. The number of likely N-dealkylation sites (N-methyl/N-ethyl adjacent to an activating group) is 1. The first-order valence-corrected chi connectivity index (χ1v) is 10.3.